The van der Waals surface area contributed by atoms with Crippen LogP contribution >= 0.6 is 28.1 Å². The monoisotopic (exact) mass is 403 g/mol. The van der Waals surface area contributed by atoms with Crippen LogP contribution in [0.4, 0.5) is 4.79 Å². The maximum absolute atomic E-state index is 11.9. The van der Waals surface area contributed by atoms with E-state index in [1.54, 1.807) is 6.20 Å². The second-order valence-electron chi connectivity index (χ2n) is 5.02. The van der Waals surface area contributed by atoms with Crippen LogP contribution in [0.5, 0.6) is 0 Å². The van der Waals surface area contributed by atoms with Gasteiger partial charge in [-0.25, -0.2) is 14.9 Å². The van der Waals surface area contributed by atoms with E-state index in [0.717, 1.165) is 21.3 Å². The third-order valence-corrected chi connectivity index (χ3v) is 4.13. The van der Waals surface area contributed by atoms with Crippen LogP contribution in [0.2, 0.25) is 0 Å². The third-order valence-electron chi connectivity index (χ3n) is 3.30. The van der Waals surface area contributed by atoms with Gasteiger partial charge in [-0.05, 0) is 35.5 Å². The number of hydrogen-bond donors (Lipinski definition) is 2. The summed E-state index contributed by atoms with van der Waals surface area (Å²) >= 11 is 8.62. The average Bonchev–Trinajstić information content (AvgIpc) is 2.95. The SMILES string of the molecule is O=C(Nn1cc(-c2ccc(Br)cc2)[nH]c1=S)OCc1ccccc1. The van der Waals surface area contributed by atoms with E-state index in [-0.39, 0.29) is 6.61 Å². The Labute approximate surface area is 152 Å². The second-order valence-corrected chi connectivity index (χ2v) is 6.33. The van der Waals surface area contributed by atoms with E-state index in [1.165, 1.54) is 4.68 Å². The van der Waals surface area contributed by atoms with Crippen LogP contribution in [0.3, 0.4) is 0 Å². The van der Waals surface area contributed by atoms with Crippen LogP contribution in [0.15, 0.2) is 65.3 Å². The molecule has 1 amide bonds. The summed E-state index contributed by atoms with van der Waals surface area (Å²) in [7, 11) is 0. The zero-order chi connectivity index (χ0) is 16.9. The normalized spacial score (nSPS) is 10.4. The Balaban J connectivity index is 1.66. The van der Waals surface area contributed by atoms with Crippen molar-refractivity contribution in [1.29, 1.82) is 0 Å². The molecule has 3 rings (SSSR count). The molecule has 0 bridgehead atoms. The minimum absolute atomic E-state index is 0.198. The van der Waals surface area contributed by atoms with Gasteiger partial charge in [-0.2, -0.15) is 0 Å². The first-order valence-corrected chi connectivity index (χ1v) is 8.37. The largest absolute Gasteiger partial charge is 0.443 e. The number of aromatic amines is 1. The molecule has 0 unspecified atom stereocenters. The van der Waals surface area contributed by atoms with Crippen molar-refractivity contribution in [3.63, 3.8) is 0 Å². The Morgan fingerprint density at radius 1 is 1.17 bits per heavy atom. The predicted molar refractivity (Wildman–Crippen MR) is 98.7 cm³/mol. The summed E-state index contributed by atoms with van der Waals surface area (Å²) in [5.41, 5.74) is 5.27. The van der Waals surface area contributed by atoms with Crippen molar-refractivity contribution in [2.45, 2.75) is 6.61 Å². The number of carbonyl (C=O) groups excluding carboxylic acids is 1. The Morgan fingerprint density at radius 2 is 1.88 bits per heavy atom. The fourth-order valence-electron chi connectivity index (χ4n) is 2.11. The Morgan fingerprint density at radius 3 is 2.58 bits per heavy atom. The lowest BCUT2D eigenvalue weighted by molar-refractivity contribution is 0.151. The maximum Gasteiger partial charge on any atom is 0.426 e. The number of carbonyl (C=O) groups is 1. The molecule has 0 saturated heterocycles. The topological polar surface area (TPSA) is 59.0 Å². The van der Waals surface area contributed by atoms with Crippen molar-refractivity contribution >= 4 is 34.2 Å². The number of rotatable bonds is 4. The minimum atomic E-state index is -0.573. The molecule has 0 spiro atoms. The van der Waals surface area contributed by atoms with Gasteiger partial charge >= 0.3 is 6.09 Å². The van der Waals surface area contributed by atoms with Crippen LogP contribution in [-0.4, -0.2) is 15.8 Å². The van der Waals surface area contributed by atoms with Gasteiger partial charge in [-0.1, -0.05) is 58.4 Å². The van der Waals surface area contributed by atoms with Gasteiger partial charge < -0.3 is 9.72 Å². The van der Waals surface area contributed by atoms with Gasteiger partial charge in [0.2, 0.25) is 0 Å². The number of nitrogens with zero attached hydrogens (tertiary/aromatic N) is 1. The molecule has 0 radical (unpaired) electrons. The minimum Gasteiger partial charge on any atom is -0.443 e. The number of hydrogen-bond acceptors (Lipinski definition) is 3. The van der Waals surface area contributed by atoms with E-state index in [9.17, 15) is 4.79 Å². The van der Waals surface area contributed by atoms with Crippen LogP contribution in [0.25, 0.3) is 11.3 Å². The molecule has 2 N–H and O–H groups in total. The molecule has 0 fully saturated rings. The molecule has 0 aliphatic rings. The Hall–Kier alpha value is -2.38. The Bertz CT molecular complexity index is 888. The van der Waals surface area contributed by atoms with E-state index >= 15 is 0 Å². The lowest BCUT2D eigenvalue weighted by Gasteiger charge is -2.07. The average molecular weight is 404 g/mol. The molecular formula is C17H14BrN3O2S. The number of H-pyrrole nitrogens is 1. The van der Waals surface area contributed by atoms with E-state index in [0.29, 0.717) is 4.77 Å². The highest BCUT2D eigenvalue weighted by Crippen LogP contribution is 2.20. The summed E-state index contributed by atoms with van der Waals surface area (Å²) in [6.07, 6.45) is 1.14. The first-order valence-electron chi connectivity index (χ1n) is 7.17. The molecule has 1 heterocycles. The number of amides is 1. The smallest absolute Gasteiger partial charge is 0.426 e. The number of imidazole rings is 1. The number of halogens is 1. The van der Waals surface area contributed by atoms with Gasteiger partial charge in [0, 0.05) is 4.47 Å². The van der Waals surface area contributed by atoms with Crippen LogP contribution in [0, 0.1) is 4.77 Å². The molecule has 24 heavy (non-hydrogen) atoms. The molecule has 0 aliphatic carbocycles. The van der Waals surface area contributed by atoms with Crippen LogP contribution in [-0.2, 0) is 11.3 Å². The summed E-state index contributed by atoms with van der Waals surface area (Å²) in [4.78, 5) is 15.0. The van der Waals surface area contributed by atoms with E-state index < -0.39 is 6.09 Å². The van der Waals surface area contributed by atoms with Gasteiger partial charge in [-0.15, -0.1) is 0 Å². The summed E-state index contributed by atoms with van der Waals surface area (Å²) in [5, 5.41) is 0. The lowest BCUT2D eigenvalue weighted by atomic mass is 10.2. The Kier molecular flexibility index (Phi) is 5.12. The van der Waals surface area contributed by atoms with E-state index in [1.807, 2.05) is 54.6 Å². The fraction of sp³-hybridized carbons (Fsp3) is 0.0588. The highest BCUT2D eigenvalue weighted by Gasteiger charge is 2.07. The van der Waals surface area contributed by atoms with Crippen molar-refractivity contribution in [1.82, 2.24) is 9.66 Å². The third kappa shape index (κ3) is 4.12. The van der Waals surface area contributed by atoms with Gasteiger partial charge in [0.1, 0.15) is 6.61 Å². The van der Waals surface area contributed by atoms with Crippen molar-refractivity contribution in [2.75, 3.05) is 5.43 Å². The lowest BCUT2D eigenvalue weighted by Crippen LogP contribution is -2.23. The molecular weight excluding hydrogens is 390 g/mol. The van der Waals surface area contributed by atoms with Gasteiger partial charge in [0.25, 0.3) is 0 Å². The van der Waals surface area contributed by atoms with Crippen molar-refractivity contribution in [3.05, 3.63) is 75.6 Å². The summed E-state index contributed by atoms with van der Waals surface area (Å²) in [5.74, 6) is 0. The number of ether oxygens (including phenoxy) is 1. The van der Waals surface area contributed by atoms with Gasteiger partial charge in [0.05, 0.1) is 11.9 Å². The molecule has 5 nitrogen and oxygen atoms in total. The quantitative estimate of drug-likeness (QED) is 0.611. The first kappa shape index (κ1) is 16.5. The van der Waals surface area contributed by atoms with Crippen molar-refractivity contribution in [2.24, 2.45) is 0 Å². The van der Waals surface area contributed by atoms with Crippen LogP contribution in [0.1, 0.15) is 5.56 Å². The molecule has 0 aliphatic heterocycles. The van der Waals surface area contributed by atoms with E-state index in [2.05, 4.69) is 26.3 Å². The van der Waals surface area contributed by atoms with Gasteiger partial charge in [-0.3, -0.25) is 0 Å². The highest BCUT2D eigenvalue weighted by atomic mass is 79.9. The summed E-state index contributed by atoms with van der Waals surface area (Å²) in [6.45, 7) is 0.198. The summed E-state index contributed by atoms with van der Waals surface area (Å²) in [6, 6.07) is 17.2. The molecule has 3 aromatic rings. The van der Waals surface area contributed by atoms with Crippen molar-refractivity contribution < 1.29 is 9.53 Å². The van der Waals surface area contributed by atoms with Crippen LogP contribution < -0.4 is 5.43 Å². The molecule has 0 atom stereocenters. The molecule has 7 heteroatoms. The van der Waals surface area contributed by atoms with Crippen molar-refractivity contribution in [3.8, 4) is 11.3 Å². The molecule has 122 valence electrons. The molecule has 1 aromatic heterocycles. The number of aromatic nitrogens is 2. The van der Waals surface area contributed by atoms with E-state index in [4.69, 9.17) is 17.0 Å². The first-order chi connectivity index (χ1) is 11.6. The molecule has 2 aromatic carbocycles. The maximum atomic E-state index is 11.9. The number of nitrogens with one attached hydrogen (secondary N) is 2. The zero-order valence-electron chi connectivity index (χ0n) is 12.5. The highest BCUT2D eigenvalue weighted by molar-refractivity contribution is 9.10. The predicted octanol–water partition coefficient (Wildman–Crippen LogP) is 4.86. The zero-order valence-corrected chi connectivity index (χ0v) is 14.9. The molecule has 0 saturated carbocycles. The second kappa shape index (κ2) is 7.46. The fourth-order valence-corrected chi connectivity index (χ4v) is 2.58. The standard InChI is InChI=1S/C17H14BrN3O2S/c18-14-8-6-13(7-9-14)15-10-21(16(24)19-15)20-17(22)23-11-12-4-2-1-3-5-12/h1-10H,11H2,(H,19,24)(H,20,22). The van der Waals surface area contributed by atoms with Gasteiger partial charge in [0.15, 0.2) is 4.77 Å². The number of benzene rings is 2. The summed E-state index contributed by atoms with van der Waals surface area (Å²) < 4.78 is 7.98.